The summed E-state index contributed by atoms with van der Waals surface area (Å²) in [7, 11) is 0. The number of nitrogens with zero attached hydrogens (tertiary/aromatic N) is 2. The third-order valence-electron chi connectivity index (χ3n) is 3.08. The molecule has 0 amide bonds. The molecule has 0 aliphatic rings. The van der Waals surface area contributed by atoms with Gasteiger partial charge in [0, 0.05) is 11.0 Å². The smallest absolute Gasteiger partial charge is 0.129 e. The van der Waals surface area contributed by atoms with E-state index in [1.54, 1.807) is 13.1 Å². The van der Waals surface area contributed by atoms with Gasteiger partial charge < -0.3 is 5.11 Å². The van der Waals surface area contributed by atoms with E-state index < -0.39 is 5.60 Å². The lowest BCUT2D eigenvalue weighted by Crippen LogP contribution is -2.27. The van der Waals surface area contributed by atoms with Gasteiger partial charge in [0.25, 0.3) is 0 Å². The Hall–Kier alpha value is -0.650. The first kappa shape index (κ1) is 14.8. The van der Waals surface area contributed by atoms with Gasteiger partial charge >= 0.3 is 0 Å². The van der Waals surface area contributed by atoms with E-state index in [1.165, 1.54) is 0 Å². The fourth-order valence-corrected chi connectivity index (χ4v) is 3.24. The standard InChI is InChI=1S/C14H16Br2N2O/c1-3-7-18-13(12(16)9-17-18)14(2,19)10-5-4-6-11(15)8-10/h4-6,8-9,19H,3,7H2,1-2H3. The highest BCUT2D eigenvalue weighted by Crippen LogP contribution is 2.35. The highest BCUT2D eigenvalue weighted by molar-refractivity contribution is 9.10. The predicted octanol–water partition coefficient (Wildman–Crippen LogP) is 4.07. The van der Waals surface area contributed by atoms with Gasteiger partial charge in [-0.3, -0.25) is 4.68 Å². The van der Waals surface area contributed by atoms with Gasteiger partial charge in [-0.1, -0.05) is 35.0 Å². The zero-order chi connectivity index (χ0) is 14.0. The number of hydrogen-bond acceptors (Lipinski definition) is 2. The average Bonchev–Trinajstić information content (AvgIpc) is 2.71. The van der Waals surface area contributed by atoms with E-state index in [0.29, 0.717) is 0 Å². The van der Waals surface area contributed by atoms with Crippen molar-refractivity contribution in [3.05, 3.63) is 50.7 Å². The summed E-state index contributed by atoms with van der Waals surface area (Å²) in [4.78, 5) is 0. The summed E-state index contributed by atoms with van der Waals surface area (Å²) in [6.45, 7) is 4.67. The van der Waals surface area contributed by atoms with Crippen molar-refractivity contribution in [2.45, 2.75) is 32.4 Å². The molecule has 0 bridgehead atoms. The molecule has 0 aliphatic heterocycles. The number of hydrogen-bond donors (Lipinski definition) is 1. The van der Waals surface area contributed by atoms with Crippen molar-refractivity contribution in [2.75, 3.05) is 0 Å². The van der Waals surface area contributed by atoms with Crippen LogP contribution in [0.5, 0.6) is 0 Å². The van der Waals surface area contributed by atoms with E-state index in [9.17, 15) is 5.11 Å². The summed E-state index contributed by atoms with van der Waals surface area (Å²) < 4.78 is 3.62. The topological polar surface area (TPSA) is 38.0 Å². The number of rotatable bonds is 4. The average molecular weight is 388 g/mol. The van der Waals surface area contributed by atoms with Crippen LogP contribution >= 0.6 is 31.9 Å². The van der Waals surface area contributed by atoms with Crippen LogP contribution < -0.4 is 0 Å². The van der Waals surface area contributed by atoms with Crippen LogP contribution in [0.15, 0.2) is 39.4 Å². The zero-order valence-corrected chi connectivity index (χ0v) is 14.1. The van der Waals surface area contributed by atoms with E-state index in [1.807, 2.05) is 28.9 Å². The maximum atomic E-state index is 10.9. The second kappa shape index (κ2) is 5.77. The fourth-order valence-electron chi connectivity index (χ4n) is 2.16. The lowest BCUT2D eigenvalue weighted by atomic mass is 9.92. The highest BCUT2D eigenvalue weighted by Gasteiger charge is 2.32. The van der Waals surface area contributed by atoms with Crippen LogP contribution in [-0.4, -0.2) is 14.9 Å². The first-order valence-corrected chi connectivity index (χ1v) is 7.75. The molecule has 102 valence electrons. The molecule has 1 atom stereocenters. The first-order valence-electron chi connectivity index (χ1n) is 6.17. The first-order chi connectivity index (χ1) is 8.96. The summed E-state index contributed by atoms with van der Waals surface area (Å²) in [5.41, 5.74) is 0.529. The summed E-state index contributed by atoms with van der Waals surface area (Å²) in [5.74, 6) is 0. The highest BCUT2D eigenvalue weighted by atomic mass is 79.9. The molecule has 2 aromatic rings. The quantitative estimate of drug-likeness (QED) is 0.858. The number of aliphatic hydroxyl groups is 1. The van der Waals surface area contributed by atoms with Crippen LogP contribution in [0, 0.1) is 0 Å². The largest absolute Gasteiger partial charge is 0.379 e. The second-order valence-electron chi connectivity index (χ2n) is 4.65. The molecule has 2 rings (SSSR count). The minimum Gasteiger partial charge on any atom is -0.379 e. The van der Waals surface area contributed by atoms with Gasteiger partial charge in [-0.2, -0.15) is 5.10 Å². The molecule has 0 fully saturated rings. The van der Waals surface area contributed by atoms with Crippen LogP contribution in [0.4, 0.5) is 0 Å². The van der Waals surface area contributed by atoms with Crippen molar-refractivity contribution >= 4 is 31.9 Å². The molecule has 0 radical (unpaired) electrons. The normalized spacial score (nSPS) is 14.4. The Bertz CT molecular complexity index is 579. The molecule has 5 heteroatoms. The summed E-state index contributed by atoms with van der Waals surface area (Å²) in [5, 5.41) is 15.3. The lowest BCUT2D eigenvalue weighted by molar-refractivity contribution is 0.0905. The molecule has 19 heavy (non-hydrogen) atoms. The number of aryl methyl sites for hydroxylation is 1. The molecular formula is C14H16Br2N2O. The molecule has 1 N–H and O–H groups in total. The van der Waals surface area contributed by atoms with Gasteiger partial charge in [0.05, 0.1) is 16.4 Å². The second-order valence-corrected chi connectivity index (χ2v) is 6.42. The Morgan fingerprint density at radius 2 is 2.11 bits per heavy atom. The molecule has 1 heterocycles. The monoisotopic (exact) mass is 386 g/mol. The number of aromatic nitrogens is 2. The molecule has 1 unspecified atom stereocenters. The van der Waals surface area contributed by atoms with Gasteiger partial charge in [0.1, 0.15) is 5.60 Å². The Morgan fingerprint density at radius 1 is 1.37 bits per heavy atom. The van der Waals surface area contributed by atoms with Crippen molar-refractivity contribution in [1.82, 2.24) is 9.78 Å². The Morgan fingerprint density at radius 3 is 2.74 bits per heavy atom. The molecule has 0 saturated carbocycles. The third-order valence-corrected chi connectivity index (χ3v) is 4.15. The van der Waals surface area contributed by atoms with Gasteiger partial charge in [-0.25, -0.2) is 0 Å². The molecule has 0 aliphatic carbocycles. The summed E-state index contributed by atoms with van der Waals surface area (Å²) in [6.07, 6.45) is 2.70. The molecule has 0 spiro atoms. The maximum Gasteiger partial charge on any atom is 0.129 e. The van der Waals surface area contributed by atoms with Crippen molar-refractivity contribution < 1.29 is 5.11 Å². The van der Waals surface area contributed by atoms with E-state index in [0.717, 1.165) is 33.2 Å². The zero-order valence-electron chi connectivity index (χ0n) is 10.9. The number of benzene rings is 1. The minimum absolute atomic E-state index is 0.783. The summed E-state index contributed by atoms with van der Waals surface area (Å²) in [6, 6.07) is 7.70. The van der Waals surface area contributed by atoms with Crippen LogP contribution in [0.3, 0.4) is 0 Å². The van der Waals surface area contributed by atoms with Crippen LogP contribution in [-0.2, 0) is 12.1 Å². The van der Waals surface area contributed by atoms with Crippen LogP contribution in [0.2, 0.25) is 0 Å². The molecule has 0 saturated heterocycles. The van der Waals surface area contributed by atoms with E-state index in [-0.39, 0.29) is 0 Å². The number of halogens is 2. The van der Waals surface area contributed by atoms with Crippen molar-refractivity contribution in [1.29, 1.82) is 0 Å². The Kier molecular flexibility index (Phi) is 4.48. The van der Waals surface area contributed by atoms with Gasteiger partial charge in [0.15, 0.2) is 0 Å². The molecular weight excluding hydrogens is 372 g/mol. The van der Waals surface area contributed by atoms with Crippen LogP contribution in [0.1, 0.15) is 31.5 Å². The fraction of sp³-hybridized carbons (Fsp3) is 0.357. The predicted molar refractivity (Wildman–Crippen MR) is 83.0 cm³/mol. The Balaban J connectivity index is 2.52. The lowest BCUT2D eigenvalue weighted by Gasteiger charge is -2.26. The minimum atomic E-state index is -1.09. The van der Waals surface area contributed by atoms with Crippen molar-refractivity contribution in [3.63, 3.8) is 0 Å². The molecule has 1 aromatic carbocycles. The van der Waals surface area contributed by atoms with E-state index >= 15 is 0 Å². The van der Waals surface area contributed by atoms with E-state index in [4.69, 9.17) is 0 Å². The third kappa shape index (κ3) is 2.93. The van der Waals surface area contributed by atoms with Gasteiger partial charge in [-0.05, 0) is 47.0 Å². The van der Waals surface area contributed by atoms with Crippen LogP contribution in [0.25, 0.3) is 0 Å². The maximum absolute atomic E-state index is 10.9. The van der Waals surface area contributed by atoms with Crippen molar-refractivity contribution in [2.24, 2.45) is 0 Å². The SMILES string of the molecule is CCCn1ncc(Br)c1C(C)(O)c1cccc(Br)c1. The van der Waals surface area contributed by atoms with Gasteiger partial charge in [-0.15, -0.1) is 0 Å². The molecule has 1 aromatic heterocycles. The Labute approximate surface area is 129 Å². The summed E-state index contributed by atoms with van der Waals surface area (Å²) >= 11 is 6.92. The molecule has 3 nitrogen and oxygen atoms in total. The van der Waals surface area contributed by atoms with E-state index in [2.05, 4.69) is 43.9 Å². The van der Waals surface area contributed by atoms with Crippen molar-refractivity contribution in [3.8, 4) is 0 Å². The van der Waals surface area contributed by atoms with Gasteiger partial charge in [0.2, 0.25) is 0 Å².